The van der Waals surface area contributed by atoms with Crippen LogP contribution in [0.2, 0.25) is 0 Å². The summed E-state index contributed by atoms with van der Waals surface area (Å²) in [5.41, 5.74) is -1.03. The zero-order valence-corrected chi connectivity index (χ0v) is 24.2. The van der Waals surface area contributed by atoms with E-state index in [0.29, 0.717) is 12.8 Å². The van der Waals surface area contributed by atoms with Crippen molar-refractivity contribution in [2.75, 3.05) is 21.3 Å². The Labute approximate surface area is 230 Å². The molecule has 2 bridgehead atoms. The van der Waals surface area contributed by atoms with Crippen molar-refractivity contribution < 1.29 is 38.1 Å². The van der Waals surface area contributed by atoms with Crippen LogP contribution in [0.4, 0.5) is 0 Å². The fraction of sp³-hybridized carbons (Fsp3) is 0.742. The Morgan fingerprint density at radius 2 is 1.59 bits per heavy atom. The number of hydrogen-bond acceptors (Lipinski definition) is 8. The van der Waals surface area contributed by atoms with Gasteiger partial charge in [-0.1, -0.05) is 44.6 Å². The van der Waals surface area contributed by atoms with Crippen molar-refractivity contribution in [3.8, 4) is 0 Å². The maximum Gasteiger partial charge on any atom is 0.310 e. The van der Waals surface area contributed by atoms with Crippen molar-refractivity contribution in [2.24, 2.45) is 51.2 Å². The molecule has 0 aromatic heterocycles. The zero-order valence-electron chi connectivity index (χ0n) is 24.2. The van der Waals surface area contributed by atoms with E-state index in [2.05, 4.69) is 32.1 Å². The number of ether oxygens (including phenoxy) is 4. The number of rotatable bonds is 5. The van der Waals surface area contributed by atoms with Crippen LogP contribution >= 0.6 is 0 Å². The van der Waals surface area contributed by atoms with E-state index in [9.17, 15) is 19.2 Å². The average molecular weight is 543 g/mol. The lowest BCUT2D eigenvalue weighted by atomic mass is 9.30. The third-order valence-electron chi connectivity index (χ3n) is 11.8. The van der Waals surface area contributed by atoms with Gasteiger partial charge in [-0.05, 0) is 61.2 Å². The molecule has 0 N–H and O–H groups in total. The summed E-state index contributed by atoms with van der Waals surface area (Å²) in [5, 5.41) is 0. The molecule has 10 atom stereocenters. The average Bonchev–Trinajstić information content (AvgIpc) is 3.27. The van der Waals surface area contributed by atoms with E-state index >= 15 is 0 Å². The first kappa shape index (κ1) is 27.9. The van der Waals surface area contributed by atoms with E-state index in [-0.39, 0.29) is 41.2 Å². The van der Waals surface area contributed by atoms with Gasteiger partial charge >= 0.3 is 23.9 Å². The number of allylic oxidation sites excluding steroid dienone is 4. The van der Waals surface area contributed by atoms with Crippen molar-refractivity contribution in [3.05, 3.63) is 23.8 Å². The molecule has 6 rings (SSSR count). The van der Waals surface area contributed by atoms with E-state index in [1.165, 1.54) is 33.8 Å². The molecule has 0 heterocycles. The van der Waals surface area contributed by atoms with E-state index in [0.717, 1.165) is 25.7 Å². The quantitative estimate of drug-likeness (QED) is 0.286. The summed E-state index contributed by atoms with van der Waals surface area (Å²) in [6.07, 6.45) is 10.6. The van der Waals surface area contributed by atoms with Crippen LogP contribution in [-0.2, 0) is 38.1 Å². The molecule has 0 aromatic carbocycles. The molecule has 3 fully saturated rings. The highest BCUT2D eigenvalue weighted by Crippen LogP contribution is 2.80. The van der Waals surface area contributed by atoms with Crippen molar-refractivity contribution in [1.29, 1.82) is 0 Å². The van der Waals surface area contributed by atoms with Crippen LogP contribution in [0.15, 0.2) is 23.8 Å². The number of carbonyl (C=O) groups excluding carboxylic acids is 4. The number of carbonyl (C=O) groups is 4. The molecule has 0 unspecified atom stereocenters. The first-order valence-electron chi connectivity index (χ1n) is 14.2. The molecular formula is C31H42O8. The van der Waals surface area contributed by atoms with E-state index in [1.807, 2.05) is 6.92 Å². The molecule has 39 heavy (non-hydrogen) atoms. The minimum absolute atomic E-state index is 0.0240. The molecule has 8 nitrogen and oxygen atoms in total. The summed E-state index contributed by atoms with van der Waals surface area (Å²) in [4.78, 5) is 52.3. The number of methoxy groups -OCH3 is 3. The zero-order chi connectivity index (χ0) is 28.5. The third-order valence-corrected chi connectivity index (χ3v) is 11.8. The maximum atomic E-state index is 13.9. The Hall–Kier alpha value is -2.64. The third kappa shape index (κ3) is 3.41. The number of fused-ring (bicyclic) bond motifs is 2. The molecule has 0 saturated heterocycles. The molecule has 8 heteroatoms. The second-order valence-electron chi connectivity index (χ2n) is 13.0. The SMILES string of the molecule is COC(=O)[C@@H]1[C@@H](C(=O)OC)[C@]23C=C[C@@]14C(=CC[C@@]1(C)[C@H]4CC[C@H]1[C@@H](C)C(=O)OC)[C@@]2(C)CC[C@@H](OC(C)=O)C3. The second kappa shape index (κ2) is 9.20. The minimum atomic E-state index is -0.792. The summed E-state index contributed by atoms with van der Waals surface area (Å²) in [5.74, 6) is -3.20. The van der Waals surface area contributed by atoms with Gasteiger partial charge in [-0.25, -0.2) is 0 Å². The van der Waals surface area contributed by atoms with Crippen LogP contribution in [0.3, 0.4) is 0 Å². The summed E-state index contributed by atoms with van der Waals surface area (Å²) < 4.78 is 21.7. The number of hydrogen-bond donors (Lipinski definition) is 0. The lowest BCUT2D eigenvalue weighted by molar-refractivity contribution is -0.201. The molecule has 6 aliphatic carbocycles. The minimum Gasteiger partial charge on any atom is -0.469 e. The van der Waals surface area contributed by atoms with Crippen molar-refractivity contribution in [2.45, 2.75) is 72.3 Å². The highest BCUT2D eigenvalue weighted by Gasteiger charge is 2.78. The van der Waals surface area contributed by atoms with Gasteiger partial charge in [-0.15, -0.1) is 0 Å². The topological polar surface area (TPSA) is 105 Å². The van der Waals surface area contributed by atoms with Gasteiger partial charge in [0.15, 0.2) is 0 Å². The Morgan fingerprint density at radius 1 is 0.923 bits per heavy atom. The summed E-state index contributed by atoms with van der Waals surface area (Å²) in [6, 6.07) is 0. The molecule has 214 valence electrons. The summed E-state index contributed by atoms with van der Waals surface area (Å²) in [6.45, 7) is 7.80. The Kier molecular flexibility index (Phi) is 6.58. The standard InChI is InChI=1S/C31H42O8/c1-17(25(33)36-5)20-8-9-21-28(20,3)12-11-22-29(4)13-10-19(39-18(2)32)16-30(29)14-15-31(21,22)24(27(35)38-7)23(30)26(34)37-6/h11,14-15,17,19-21,23-24H,8-10,12-13,16H2,1-7H3/t17-,19-,20+,21-,23+,24+,28-,29-,30-,31-/m1/s1. The second-order valence-corrected chi connectivity index (χ2v) is 13.0. The van der Waals surface area contributed by atoms with Gasteiger partial charge in [-0.3, -0.25) is 19.2 Å². The first-order valence-corrected chi connectivity index (χ1v) is 14.2. The molecule has 0 aliphatic heterocycles. The van der Waals surface area contributed by atoms with Gasteiger partial charge in [0.1, 0.15) is 6.10 Å². The fourth-order valence-electron chi connectivity index (χ4n) is 10.3. The fourth-order valence-corrected chi connectivity index (χ4v) is 10.3. The van der Waals surface area contributed by atoms with E-state index < -0.39 is 40.0 Å². The molecule has 2 spiro atoms. The normalized spacial score (nSPS) is 44.2. The van der Waals surface area contributed by atoms with Crippen LogP contribution in [0.25, 0.3) is 0 Å². The van der Waals surface area contributed by atoms with Crippen LogP contribution in [0.5, 0.6) is 0 Å². The van der Waals surface area contributed by atoms with Gasteiger partial charge in [0.2, 0.25) is 0 Å². The smallest absolute Gasteiger partial charge is 0.310 e. The highest BCUT2D eigenvalue weighted by molar-refractivity contribution is 5.87. The monoisotopic (exact) mass is 542 g/mol. The van der Waals surface area contributed by atoms with E-state index in [1.54, 1.807) is 0 Å². The molecule has 0 radical (unpaired) electrons. The largest absolute Gasteiger partial charge is 0.469 e. The van der Waals surface area contributed by atoms with Crippen LogP contribution in [0, 0.1) is 51.2 Å². The maximum absolute atomic E-state index is 13.9. The number of esters is 4. The molecule has 0 amide bonds. The van der Waals surface area contributed by atoms with Crippen LogP contribution < -0.4 is 0 Å². The summed E-state index contributed by atoms with van der Waals surface area (Å²) >= 11 is 0. The van der Waals surface area contributed by atoms with Crippen LogP contribution in [-0.4, -0.2) is 51.3 Å². The van der Waals surface area contributed by atoms with Gasteiger partial charge in [-0.2, -0.15) is 0 Å². The molecule has 0 aromatic rings. The molecule has 3 saturated carbocycles. The Bertz CT molecular complexity index is 1160. The molecule has 6 aliphatic rings. The van der Waals surface area contributed by atoms with Gasteiger partial charge < -0.3 is 18.9 Å². The van der Waals surface area contributed by atoms with Crippen LogP contribution in [0.1, 0.15) is 66.2 Å². The predicted molar refractivity (Wildman–Crippen MR) is 141 cm³/mol. The highest BCUT2D eigenvalue weighted by atomic mass is 16.5. The van der Waals surface area contributed by atoms with Gasteiger partial charge in [0.05, 0.1) is 39.1 Å². The van der Waals surface area contributed by atoms with Gasteiger partial charge in [0.25, 0.3) is 0 Å². The predicted octanol–water partition coefficient (Wildman–Crippen LogP) is 4.41. The van der Waals surface area contributed by atoms with E-state index in [4.69, 9.17) is 18.9 Å². The summed E-state index contributed by atoms with van der Waals surface area (Å²) in [7, 11) is 4.17. The lowest BCUT2D eigenvalue weighted by Crippen LogP contribution is -2.71. The van der Waals surface area contributed by atoms with Gasteiger partial charge in [0, 0.05) is 17.8 Å². The Balaban J connectivity index is 1.74. The van der Waals surface area contributed by atoms with Crippen molar-refractivity contribution in [1.82, 2.24) is 0 Å². The van der Waals surface area contributed by atoms with Crippen molar-refractivity contribution in [3.63, 3.8) is 0 Å². The first-order chi connectivity index (χ1) is 18.4. The molecular weight excluding hydrogens is 500 g/mol. The van der Waals surface area contributed by atoms with Crippen molar-refractivity contribution >= 4 is 23.9 Å². The lowest BCUT2D eigenvalue weighted by Gasteiger charge is -2.72. The Morgan fingerprint density at radius 3 is 2.21 bits per heavy atom.